The maximum atomic E-state index is 15.3. The van der Waals surface area contributed by atoms with Crippen molar-refractivity contribution < 1.29 is 9.13 Å². The van der Waals surface area contributed by atoms with Gasteiger partial charge in [-0.15, -0.1) is 6.58 Å². The second-order valence-electron chi connectivity index (χ2n) is 7.51. The molecule has 0 fully saturated rings. The Morgan fingerprint density at radius 3 is 2.16 bits per heavy atom. The molecule has 0 heterocycles. The van der Waals surface area contributed by atoms with E-state index < -0.39 is 0 Å². The third-order valence-electron chi connectivity index (χ3n) is 5.41. The van der Waals surface area contributed by atoms with Gasteiger partial charge in [0.2, 0.25) is 0 Å². The number of benzene rings is 4. The Balaban J connectivity index is 1.62. The van der Waals surface area contributed by atoms with Gasteiger partial charge in [0.05, 0.1) is 0 Å². The molecule has 0 aliphatic heterocycles. The van der Waals surface area contributed by atoms with Crippen molar-refractivity contribution in [1.82, 2.24) is 0 Å². The summed E-state index contributed by atoms with van der Waals surface area (Å²) in [7, 11) is 0. The maximum absolute atomic E-state index is 15.3. The molecule has 0 aliphatic rings. The molecule has 0 unspecified atom stereocenters. The van der Waals surface area contributed by atoms with E-state index in [9.17, 15) is 0 Å². The minimum Gasteiger partial charge on any atom is -0.490 e. The van der Waals surface area contributed by atoms with Gasteiger partial charge in [-0.05, 0) is 58.7 Å². The summed E-state index contributed by atoms with van der Waals surface area (Å²) in [6, 6.07) is 25.7. The lowest BCUT2D eigenvalue weighted by atomic mass is 9.96. The highest BCUT2D eigenvalue weighted by atomic mass is 19.1. The fraction of sp³-hybridized carbons (Fsp3) is 0.103. The Hall–Kier alpha value is -3.65. The summed E-state index contributed by atoms with van der Waals surface area (Å²) in [5, 5.41) is 1.51. The van der Waals surface area contributed by atoms with E-state index in [0.717, 1.165) is 40.7 Å². The molecule has 1 nitrogen and oxygen atoms in total. The van der Waals surface area contributed by atoms with Crippen LogP contribution in [-0.4, -0.2) is 6.61 Å². The quantitative estimate of drug-likeness (QED) is 0.268. The second kappa shape index (κ2) is 9.44. The van der Waals surface area contributed by atoms with Gasteiger partial charge in [0.25, 0.3) is 0 Å². The summed E-state index contributed by atoms with van der Waals surface area (Å²) in [4.78, 5) is 0. The molecule has 0 atom stereocenters. The van der Waals surface area contributed by atoms with Gasteiger partial charge in [-0.2, -0.15) is 0 Å². The van der Waals surface area contributed by atoms with Gasteiger partial charge in [0.15, 0.2) is 0 Å². The molecule has 4 rings (SSSR count). The molecule has 0 N–H and O–H groups in total. The Kier molecular flexibility index (Phi) is 6.28. The van der Waals surface area contributed by atoms with Crippen LogP contribution in [0.5, 0.6) is 5.75 Å². The number of halogens is 1. The van der Waals surface area contributed by atoms with Crippen molar-refractivity contribution >= 4 is 10.8 Å². The zero-order chi connectivity index (χ0) is 21.6. The van der Waals surface area contributed by atoms with Crippen LogP contribution in [0, 0.1) is 5.82 Å². The van der Waals surface area contributed by atoms with Crippen LogP contribution in [0.1, 0.15) is 12.0 Å². The maximum Gasteiger partial charge on any atom is 0.138 e. The molecule has 2 heteroatoms. The Labute approximate surface area is 183 Å². The largest absolute Gasteiger partial charge is 0.490 e. The minimum atomic E-state index is -0.205. The zero-order valence-corrected chi connectivity index (χ0v) is 17.5. The molecule has 0 bridgehead atoms. The van der Waals surface area contributed by atoms with Gasteiger partial charge in [0, 0.05) is 10.9 Å². The number of ether oxygens (including phenoxy) is 1. The predicted molar refractivity (Wildman–Crippen MR) is 129 cm³/mol. The van der Waals surface area contributed by atoms with E-state index in [2.05, 4.69) is 37.4 Å². The van der Waals surface area contributed by atoms with Crippen LogP contribution < -0.4 is 4.74 Å². The molecule has 0 radical (unpaired) electrons. The SMILES string of the molecule is C=CCCc1ccc(-c2ccc3c(F)c(-c4ccc(OCC=C)cc4)ccc3c2)cc1. The fourth-order valence-corrected chi connectivity index (χ4v) is 3.71. The summed E-state index contributed by atoms with van der Waals surface area (Å²) in [5.41, 5.74) is 4.91. The topological polar surface area (TPSA) is 9.23 Å². The third-order valence-corrected chi connectivity index (χ3v) is 5.41. The van der Waals surface area contributed by atoms with Gasteiger partial charge in [-0.3, -0.25) is 0 Å². The van der Waals surface area contributed by atoms with E-state index in [-0.39, 0.29) is 5.82 Å². The van der Waals surface area contributed by atoms with E-state index >= 15 is 4.39 Å². The first-order chi connectivity index (χ1) is 15.2. The number of rotatable bonds is 8. The van der Waals surface area contributed by atoms with Crippen LogP contribution in [0.2, 0.25) is 0 Å². The highest BCUT2D eigenvalue weighted by molar-refractivity contribution is 5.91. The molecule has 0 saturated carbocycles. The number of allylic oxidation sites excluding steroid dienone is 1. The van der Waals surface area contributed by atoms with Crippen LogP contribution in [0.3, 0.4) is 0 Å². The Bertz CT molecular complexity index is 1200. The summed E-state index contributed by atoms with van der Waals surface area (Å²) in [5.74, 6) is 0.536. The molecule has 4 aromatic rings. The molecule has 0 amide bonds. The van der Waals surface area contributed by atoms with Crippen molar-refractivity contribution in [2.45, 2.75) is 12.8 Å². The molecule has 0 saturated heterocycles. The highest BCUT2D eigenvalue weighted by Crippen LogP contribution is 2.32. The second-order valence-corrected chi connectivity index (χ2v) is 7.51. The lowest BCUT2D eigenvalue weighted by Gasteiger charge is -2.10. The zero-order valence-electron chi connectivity index (χ0n) is 17.5. The van der Waals surface area contributed by atoms with Crippen molar-refractivity contribution in [2.24, 2.45) is 0 Å². The molecular formula is C29H25FO. The predicted octanol–water partition coefficient (Wildman–Crippen LogP) is 8.00. The van der Waals surface area contributed by atoms with Crippen LogP contribution >= 0.6 is 0 Å². The number of hydrogen-bond donors (Lipinski definition) is 0. The summed E-state index contributed by atoms with van der Waals surface area (Å²) < 4.78 is 20.8. The van der Waals surface area contributed by atoms with E-state index in [0.29, 0.717) is 17.6 Å². The van der Waals surface area contributed by atoms with E-state index in [1.165, 1.54) is 5.56 Å². The standard InChI is InChI=1S/C29H25FO/c1-3-5-6-21-7-9-22(10-8-21)24-13-17-28-25(20-24)14-18-27(29(28)30)23-11-15-26(16-12-23)31-19-4-2/h3-4,7-18,20H,1-2,5-6,19H2. The molecular weight excluding hydrogens is 383 g/mol. The molecule has 0 spiro atoms. The number of fused-ring (bicyclic) bond motifs is 1. The molecule has 4 aromatic carbocycles. The molecule has 0 aliphatic carbocycles. The summed E-state index contributed by atoms with van der Waals surface area (Å²) in [6.07, 6.45) is 5.60. The normalized spacial score (nSPS) is 10.7. The van der Waals surface area contributed by atoms with Crippen molar-refractivity contribution in [2.75, 3.05) is 6.61 Å². The Morgan fingerprint density at radius 1 is 0.742 bits per heavy atom. The lowest BCUT2D eigenvalue weighted by Crippen LogP contribution is -1.93. The van der Waals surface area contributed by atoms with Crippen molar-refractivity contribution in [3.05, 3.63) is 116 Å². The fourth-order valence-electron chi connectivity index (χ4n) is 3.71. The third kappa shape index (κ3) is 4.59. The van der Waals surface area contributed by atoms with E-state index in [4.69, 9.17) is 4.74 Å². The number of hydrogen-bond acceptors (Lipinski definition) is 1. The van der Waals surface area contributed by atoms with Gasteiger partial charge in [-0.1, -0.05) is 79.4 Å². The van der Waals surface area contributed by atoms with Crippen LogP contribution in [-0.2, 0) is 6.42 Å². The summed E-state index contributed by atoms with van der Waals surface area (Å²) in [6.45, 7) is 7.87. The highest BCUT2D eigenvalue weighted by Gasteiger charge is 2.11. The first-order valence-electron chi connectivity index (χ1n) is 10.5. The van der Waals surface area contributed by atoms with E-state index in [1.54, 1.807) is 6.08 Å². The molecule has 31 heavy (non-hydrogen) atoms. The lowest BCUT2D eigenvalue weighted by molar-refractivity contribution is 0.363. The summed E-state index contributed by atoms with van der Waals surface area (Å²) >= 11 is 0. The Morgan fingerprint density at radius 2 is 1.45 bits per heavy atom. The van der Waals surface area contributed by atoms with Gasteiger partial charge in [-0.25, -0.2) is 4.39 Å². The average Bonchev–Trinajstić information content (AvgIpc) is 2.82. The monoisotopic (exact) mass is 408 g/mol. The van der Waals surface area contributed by atoms with Gasteiger partial charge in [0.1, 0.15) is 18.2 Å². The van der Waals surface area contributed by atoms with Gasteiger partial charge >= 0.3 is 0 Å². The molecule has 0 aromatic heterocycles. The van der Waals surface area contributed by atoms with Crippen LogP contribution in [0.15, 0.2) is 104 Å². The minimum absolute atomic E-state index is 0.205. The van der Waals surface area contributed by atoms with Gasteiger partial charge < -0.3 is 4.74 Å². The number of aryl methyl sites for hydroxylation is 1. The smallest absolute Gasteiger partial charge is 0.138 e. The van der Waals surface area contributed by atoms with E-state index in [1.807, 2.05) is 60.7 Å². The first-order valence-corrected chi connectivity index (χ1v) is 10.5. The van der Waals surface area contributed by atoms with Crippen molar-refractivity contribution in [3.8, 4) is 28.0 Å². The van der Waals surface area contributed by atoms with Crippen LogP contribution in [0.4, 0.5) is 4.39 Å². The van der Waals surface area contributed by atoms with Crippen molar-refractivity contribution in [1.29, 1.82) is 0 Å². The average molecular weight is 409 g/mol. The van der Waals surface area contributed by atoms with Crippen molar-refractivity contribution in [3.63, 3.8) is 0 Å². The molecule has 154 valence electrons. The first kappa shape index (κ1) is 20.6. The van der Waals surface area contributed by atoms with Crippen LogP contribution in [0.25, 0.3) is 33.0 Å².